The highest BCUT2D eigenvalue weighted by atomic mass is 127. The van der Waals surface area contributed by atoms with Crippen molar-refractivity contribution in [3.05, 3.63) is 20.2 Å². The Kier molecular flexibility index (Phi) is 2.70. The Balaban J connectivity index is 3.13. The van der Waals surface area contributed by atoms with Crippen molar-refractivity contribution in [3.8, 4) is 0 Å². The minimum absolute atomic E-state index is 0.105. The highest BCUT2D eigenvalue weighted by molar-refractivity contribution is 14.2. The molecule has 56 valence electrons. The van der Waals surface area contributed by atoms with E-state index in [2.05, 4.69) is 15.9 Å². The van der Waals surface area contributed by atoms with Crippen molar-refractivity contribution in [1.82, 2.24) is 0 Å². The summed E-state index contributed by atoms with van der Waals surface area (Å²) in [7, 11) is 0. The smallest absolute Gasteiger partial charge is 0.193 e. The minimum atomic E-state index is -1.05. The van der Waals surface area contributed by atoms with Gasteiger partial charge in [0.05, 0.1) is 4.48 Å². The van der Waals surface area contributed by atoms with E-state index in [1.807, 2.05) is 0 Å². The number of hydrogen-bond acceptors (Lipinski definition) is 1. The van der Waals surface area contributed by atoms with Crippen LogP contribution < -0.4 is 5.73 Å². The fraction of sp³-hybridized carbons (Fsp3) is 0. The van der Waals surface area contributed by atoms with Gasteiger partial charge in [-0.15, -0.1) is 0 Å². The highest BCUT2D eigenvalue weighted by Gasteiger charge is 2.12. The summed E-state index contributed by atoms with van der Waals surface area (Å²) < 4.78 is 24.8. The number of halogens is 4. The second-order valence-electron chi connectivity index (χ2n) is 1.55. The molecule has 2 N–H and O–H groups in total. The van der Waals surface area contributed by atoms with Crippen molar-refractivity contribution in [3.63, 3.8) is 0 Å². The average Bonchev–Trinajstić information content (AvgIpc) is 1.82. The summed E-state index contributed by atoms with van der Waals surface area (Å²) in [4.78, 5) is 0. The predicted molar refractivity (Wildman–Crippen MR) is 49.5 cm³/mol. The van der Waals surface area contributed by atoms with Gasteiger partial charge in [-0.1, -0.05) is 0 Å². The molecule has 1 heterocycles. The van der Waals surface area contributed by atoms with Crippen LogP contribution >= 0.6 is 36.7 Å². The number of nitrogens with two attached hydrogens (primary N) is 1. The SMILES string of the molecule is NC1=IC(F)=C(F)C(Br)=C1. The van der Waals surface area contributed by atoms with Gasteiger partial charge in [0.25, 0.3) is 0 Å². The fourth-order valence-electron chi connectivity index (χ4n) is 0.439. The zero-order valence-corrected chi connectivity index (χ0v) is 8.41. The third-order valence-electron chi connectivity index (χ3n) is 0.832. The van der Waals surface area contributed by atoms with Crippen LogP contribution in [0.4, 0.5) is 8.78 Å². The van der Waals surface area contributed by atoms with E-state index in [-0.39, 0.29) is 4.48 Å². The molecule has 5 heteroatoms. The first-order valence-electron chi connectivity index (χ1n) is 2.31. The van der Waals surface area contributed by atoms with Crippen LogP contribution in [0.5, 0.6) is 0 Å². The summed E-state index contributed by atoms with van der Waals surface area (Å²) in [6, 6.07) is 0. The van der Waals surface area contributed by atoms with Crippen molar-refractivity contribution < 1.29 is 8.78 Å². The summed E-state index contributed by atoms with van der Waals surface area (Å²) in [5, 5.41) is 0. The second-order valence-corrected chi connectivity index (χ2v) is 5.13. The van der Waals surface area contributed by atoms with E-state index in [4.69, 9.17) is 5.73 Å². The Bertz CT molecular complexity index is 254. The fourth-order valence-corrected chi connectivity index (χ4v) is 3.20. The maximum atomic E-state index is 12.5. The maximum absolute atomic E-state index is 12.5. The molecule has 10 heavy (non-hydrogen) atoms. The molecule has 1 rings (SSSR count). The van der Waals surface area contributed by atoms with E-state index in [0.29, 0.717) is 3.63 Å². The van der Waals surface area contributed by atoms with Gasteiger partial charge in [-0.3, -0.25) is 5.73 Å². The molecule has 0 saturated heterocycles. The van der Waals surface area contributed by atoms with Gasteiger partial charge >= 0.3 is 0 Å². The molecule has 0 saturated carbocycles. The summed E-state index contributed by atoms with van der Waals surface area (Å²) in [6.45, 7) is 0. The van der Waals surface area contributed by atoms with Crippen LogP contribution in [0.2, 0.25) is 0 Å². The lowest BCUT2D eigenvalue weighted by molar-refractivity contribution is 0.598. The lowest BCUT2D eigenvalue weighted by atomic mass is 10.4. The first-order valence-corrected chi connectivity index (χ1v) is 5.26. The summed E-state index contributed by atoms with van der Waals surface area (Å²) in [5.41, 5.74) is 5.30. The van der Waals surface area contributed by atoms with Gasteiger partial charge < -0.3 is 0 Å². The molecule has 0 fully saturated rings. The van der Waals surface area contributed by atoms with Crippen molar-refractivity contribution in [2.75, 3.05) is 0 Å². The maximum Gasteiger partial charge on any atom is 0.193 e. The normalized spacial score (nSPS) is 19.6. The van der Waals surface area contributed by atoms with Crippen molar-refractivity contribution >= 4 is 40.3 Å². The molecule has 0 amide bonds. The summed E-state index contributed by atoms with van der Waals surface area (Å²) in [5.74, 6) is -0.804. The topological polar surface area (TPSA) is 26.0 Å². The average molecular weight is 322 g/mol. The van der Waals surface area contributed by atoms with Gasteiger partial charge in [0.15, 0.2) is 9.66 Å². The third kappa shape index (κ3) is 1.70. The van der Waals surface area contributed by atoms with Crippen molar-refractivity contribution in [2.24, 2.45) is 5.73 Å². The van der Waals surface area contributed by atoms with E-state index in [9.17, 15) is 8.78 Å². The van der Waals surface area contributed by atoms with E-state index < -0.39 is 30.4 Å². The Hall–Kier alpha value is 0.380. The standard InChI is InChI=1S/C5H3BrF2IN/c6-2-1-3(10)9-5(8)4(2)7/h1H,10H2. The van der Waals surface area contributed by atoms with E-state index >= 15 is 0 Å². The lowest BCUT2D eigenvalue weighted by Crippen LogP contribution is -2.06. The van der Waals surface area contributed by atoms with Crippen LogP contribution in [-0.2, 0) is 0 Å². The third-order valence-corrected chi connectivity index (χ3v) is 3.29. The molecule has 0 atom stereocenters. The second kappa shape index (κ2) is 3.19. The Morgan fingerprint density at radius 1 is 1.50 bits per heavy atom. The largest absolute Gasteiger partial charge is 0.298 e. The molecule has 0 aromatic heterocycles. The Morgan fingerprint density at radius 3 is 2.60 bits per heavy atom. The molecule has 0 aromatic rings. The van der Waals surface area contributed by atoms with Gasteiger partial charge in [-0.2, -0.15) is 4.39 Å². The molecule has 0 spiro atoms. The van der Waals surface area contributed by atoms with Crippen LogP contribution in [0.25, 0.3) is 0 Å². The Labute approximate surface area is 74.8 Å². The molecule has 0 radical (unpaired) electrons. The zero-order valence-electron chi connectivity index (χ0n) is 4.67. The molecule has 0 aromatic carbocycles. The quantitative estimate of drug-likeness (QED) is 0.681. The van der Waals surface area contributed by atoms with Gasteiger partial charge in [0.2, 0.25) is 0 Å². The van der Waals surface area contributed by atoms with Gasteiger partial charge in [0.1, 0.15) is 0 Å². The van der Waals surface area contributed by atoms with Gasteiger partial charge in [0, 0.05) is 3.63 Å². The molecule has 1 aliphatic heterocycles. The summed E-state index contributed by atoms with van der Waals surface area (Å²) >= 11 is 1.79. The molecule has 1 nitrogen and oxygen atoms in total. The summed E-state index contributed by atoms with van der Waals surface area (Å²) in [6.07, 6.45) is 1.41. The van der Waals surface area contributed by atoms with E-state index in [1.165, 1.54) is 6.08 Å². The van der Waals surface area contributed by atoms with Crippen LogP contribution in [0.15, 0.2) is 20.2 Å². The zero-order chi connectivity index (χ0) is 7.72. The first-order chi connectivity index (χ1) is 4.61. The first kappa shape index (κ1) is 8.48. The molecule has 0 aliphatic carbocycles. The number of allylic oxidation sites excluding steroid dienone is 2. The van der Waals surface area contributed by atoms with Crippen LogP contribution in [0.3, 0.4) is 0 Å². The lowest BCUT2D eigenvalue weighted by Gasteiger charge is -2.01. The van der Waals surface area contributed by atoms with Crippen LogP contribution in [0, 0.1) is 0 Å². The molecule has 0 bridgehead atoms. The molecular weight excluding hydrogens is 319 g/mol. The van der Waals surface area contributed by atoms with Crippen molar-refractivity contribution in [2.45, 2.75) is 0 Å². The molecular formula is C5H3BrF2IN. The van der Waals surface area contributed by atoms with E-state index in [1.54, 1.807) is 0 Å². The predicted octanol–water partition coefficient (Wildman–Crippen LogP) is 2.45. The van der Waals surface area contributed by atoms with E-state index in [0.717, 1.165) is 0 Å². The number of hydrogen-bond donors (Lipinski definition) is 1. The minimum Gasteiger partial charge on any atom is -0.298 e. The van der Waals surface area contributed by atoms with Crippen LogP contribution in [0.1, 0.15) is 0 Å². The van der Waals surface area contributed by atoms with Gasteiger partial charge in [-0.05, 0) is 42.7 Å². The molecule has 0 unspecified atom stereocenters. The monoisotopic (exact) mass is 321 g/mol. The molecule has 1 aliphatic rings. The Morgan fingerprint density at radius 2 is 2.10 bits per heavy atom. The van der Waals surface area contributed by atoms with Crippen LogP contribution in [-0.4, -0.2) is 3.63 Å². The van der Waals surface area contributed by atoms with Crippen molar-refractivity contribution in [1.29, 1.82) is 0 Å². The highest BCUT2D eigenvalue weighted by Crippen LogP contribution is 2.33. The number of rotatable bonds is 0. The van der Waals surface area contributed by atoms with Gasteiger partial charge in [-0.25, -0.2) is 4.39 Å².